The van der Waals surface area contributed by atoms with Gasteiger partial charge in [0, 0.05) is 5.69 Å². The van der Waals surface area contributed by atoms with Crippen LogP contribution in [0.15, 0.2) is 18.3 Å². The first-order valence-electron chi connectivity index (χ1n) is 5.75. The Morgan fingerprint density at radius 1 is 1.40 bits per heavy atom. The molecule has 0 bridgehead atoms. The normalized spacial score (nSPS) is 12.5. The number of unbranched alkanes of at least 4 members (excludes halogenated alkanes) is 1. The van der Waals surface area contributed by atoms with Gasteiger partial charge in [-0.25, -0.2) is 0 Å². The summed E-state index contributed by atoms with van der Waals surface area (Å²) in [6, 6.07) is 4.04. The van der Waals surface area contributed by atoms with Gasteiger partial charge in [0.15, 0.2) is 0 Å². The molecule has 0 aliphatic carbocycles. The molecule has 0 amide bonds. The van der Waals surface area contributed by atoms with E-state index in [1.807, 2.05) is 6.07 Å². The van der Waals surface area contributed by atoms with E-state index in [0.29, 0.717) is 0 Å². The van der Waals surface area contributed by atoms with Crippen molar-refractivity contribution in [2.75, 3.05) is 7.11 Å². The van der Waals surface area contributed by atoms with Gasteiger partial charge in [0.05, 0.1) is 13.3 Å². The first-order chi connectivity index (χ1) is 7.26. The third kappa shape index (κ3) is 4.32. The topological polar surface area (TPSA) is 22.1 Å². The first-order valence-corrected chi connectivity index (χ1v) is 5.75. The molecule has 0 spiro atoms. The van der Waals surface area contributed by atoms with Crippen LogP contribution >= 0.6 is 0 Å². The van der Waals surface area contributed by atoms with Crippen molar-refractivity contribution in [2.45, 2.75) is 39.5 Å². The highest BCUT2D eigenvalue weighted by Gasteiger charge is 2.04. The predicted octanol–water partition coefficient (Wildman–Crippen LogP) is 3.46. The van der Waals surface area contributed by atoms with Gasteiger partial charge in [-0.1, -0.05) is 33.1 Å². The quantitative estimate of drug-likeness (QED) is 0.712. The molecular weight excluding hydrogens is 186 g/mol. The zero-order valence-corrected chi connectivity index (χ0v) is 9.99. The molecule has 0 aliphatic rings. The van der Waals surface area contributed by atoms with Crippen molar-refractivity contribution in [2.24, 2.45) is 5.92 Å². The van der Waals surface area contributed by atoms with Gasteiger partial charge in [0.1, 0.15) is 5.75 Å². The Morgan fingerprint density at radius 2 is 2.20 bits per heavy atom. The minimum Gasteiger partial charge on any atom is -0.495 e. The molecule has 84 valence electrons. The van der Waals surface area contributed by atoms with Crippen LogP contribution in [0.5, 0.6) is 5.75 Å². The Balaban J connectivity index is 2.42. The number of ether oxygens (including phenoxy) is 1. The lowest BCUT2D eigenvalue weighted by molar-refractivity contribution is 0.412. The molecular formula is C13H21NO. The highest BCUT2D eigenvalue weighted by Crippen LogP contribution is 2.15. The Hall–Kier alpha value is -1.05. The molecule has 0 N–H and O–H groups in total. The Labute approximate surface area is 92.7 Å². The molecule has 0 saturated carbocycles. The Bertz CT molecular complexity index is 268. The van der Waals surface area contributed by atoms with Crippen LogP contribution in [0.25, 0.3) is 0 Å². The van der Waals surface area contributed by atoms with E-state index < -0.39 is 0 Å². The van der Waals surface area contributed by atoms with Gasteiger partial charge in [0.2, 0.25) is 0 Å². The SMILES string of the molecule is CCCCC(C)Cc1ccc(OC)cn1. The largest absolute Gasteiger partial charge is 0.495 e. The van der Waals surface area contributed by atoms with Crippen molar-refractivity contribution in [1.29, 1.82) is 0 Å². The maximum Gasteiger partial charge on any atom is 0.137 e. The molecule has 1 atom stereocenters. The van der Waals surface area contributed by atoms with Crippen LogP contribution in [0.2, 0.25) is 0 Å². The molecule has 1 rings (SSSR count). The highest BCUT2D eigenvalue weighted by molar-refractivity contribution is 5.19. The van der Waals surface area contributed by atoms with Crippen LogP contribution < -0.4 is 4.74 Å². The predicted molar refractivity (Wildman–Crippen MR) is 63.2 cm³/mol. The van der Waals surface area contributed by atoms with Gasteiger partial charge >= 0.3 is 0 Å². The van der Waals surface area contributed by atoms with E-state index in [4.69, 9.17) is 4.74 Å². The molecule has 0 radical (unpaired) electrons. The Morgan fingerprint density at radius 3 is 2.73 bits per heavy atom. The van der Waals surface area contributed by atoms with Gasteiger partial charge in [-0.2, -0.15) is 0 Å². The van der Waals surface area contributed by atoms with Crippen LogP contribution in [-0.4, -0.2) is 12.1 Å². The third-order valence-corrected chi connectivity index (χ3v) is 2.64. The summed E-state index contributed by atoms with van der Waals surface area (Å²) < 4.78 is 5.08. The van der Waals surface area contributed by atoms with Crippen LogP contribution in [-0.2, 0) is 6.42 Å². The van der Waals surface area contributed by atoms with Crippen LogP contribution in [0.1, 0.15) is 38.8 Å². The van der Waals surface area contributed by atoms with Crippen LogP contribution in [0, 0.1) is 5.92 Å². The molecule has 15 heavy (non-hydrogen) atoms. The first kappa shape index (κ1) is 12.0. The van der Waals surface area contributed by atoms with E-state index in [-0.39, 0.29) is 0 Å². The van der Waals surface area contributed by atoms with E-state index >= 15 is 0 Å². The van der Waals surface area contributed by atoms with Crippen LogP contribution in [0.4, 0.5) is 0 Å². The fourth-order valence-electron chi connectivity index (χ4n) is 1.66. The minimum absolute atomic E-state index is 0.728. The van der Waals surface area contributed by atoms with Gasteiger partial charge in [-0.3, -0.25) is 4.98 Å². The summed E-state index contributed by atoms with van der Waals surface area (Å²) in [5.74, 6) is 1.56. The molecule has 0 fully saturated rings. The number of aromatic nitrogens is 1. The van der Waals surface area contributed by atoms with Gasteiger partial charge < -0.3 is 4.74 Å². The zero-order chi connectivity index (χ0) is 11.1. The maximum absolute atomic E-state index is 5.08. The summed E-state index contributed by atoms with van der Waals surface area (Å²) in [5.41, 5.74) is 1.17. The van der Waals surface area contributed by atoms with Crippen molar-refractivity contribution < 1.29 is 4.74 Å². The number of hydrogen-bond donors (Lipinski definition) is 0. The van der Waals surface area contributed by atoms with Crippen molar-refractivity contribution >= 4 is 0 Å². The fraction of sp³-hybridized carbons (Fsp3) is 0.615. The molecule has 1 unspecified atom stereocenters. The summed E-state index contributed by atoms with van der Waals surface area (Å²) in [5, 5.41) is 0. The summed E-state index contributed by atoms with van der Waals surface area (Å²) in [7, 11) is 1.67. The lowest BCUT2D eigenvalue weighted by Gasteiger charge is -2.10. The number of nitrogens with zero attached hydrogens (tertiary/aromatic N) is 1. The van der Waals surface area contributed by atoms with Crippen molar-refractivity contribution in [3.05, 3.63) is 24.0 Å². The molecule has 2 nitrogen and oxygen atoms in total. The average molecular weight is 207 g/mol. The number of methoxy groups -OCH3 is 1. The van der Waals surface area contributed by atoms with E-state index in [1.165, 1.54) is 25.0 Å². The van der Waals surface area contributed by atoms with E-state index in [2.05, 4.69) is 24.9 Å². The molecule has 0 saturated heterocycles. The lowest BCUT2D eigenvalue weighted by atomic mass is 9.99. The number of pyridine rings is 1. The van der Waals surface area contributed by atoms with Crippen molar-refractivity contribution in [3.63, 3.8) is 0 Å². The maximum atomic E-state index is 5.08. The third-order valence-electron chi connectivity index (χ3n) is 2.64. The second-order valence-corrected chi connectivity index (χ2v) is 4.14. The molecule has 1 aromatic heterocycles. The second-order valence-electron chi connectivity index (χ2n) is 4.14. The molecule has 1 heterocycles. The highest BCUT2D eigenvalue weighted by atomic mass is 16.5. The van der Waals surface area contributed by atoms with Gasteiger partial charge in [-0.05, 0) is 24.5 Å². The van der Waals surface area contributed by atoms with Crippen molar-refractivity contribution in [1.82, 2.24) is 4.98 Å². The van der Waals surface area contributed by atoms with Gasteiger partial charge in [-0.15, -0.1) is 0 Å². The standard InChI is InChI=1S/C13H21NO/c1-4-5-6-11(2)9-12-7-8-13(15-3)10-14-12/h7-8,10-11H,4-6,9H2,1-3H3. The van der Waals surface area contributed by atoms with Gasteiger partial charge in [0.25, 0.3) is 0 Å². The molecule has 0 aliphatic heterocycles. The van der Waals surface area contributed by atoms with Crippen molar-refractivity contribution in [3.8, 4) is 5.75 Å². The van der Waals surface area contributed by atoms with E-state index in [1.54, 1.807) is 13.3 Å². The second kappa shape index (κ2) is 6.44. The number of hydrogen-bond acceptors (Lipinski definition) is 2. The lowest BCUT2D eigenvalue weighted by Crippen LogP contribution is -2.01. The average Bonchev–Trinajstić information content (AvgIpc) is 2.27. The Kier molecular flexibility index (Phi) is 5.16. The monoisotopic (exact) mass is 207 g/mol. The van der Waals surface area contributed by atoms with E-state index in [9.17, 15) is 0 Å². The summed E-state index contributed by atoms with van der Waals surface area (Å²) in [6.07, 6.45) is 6.76. The molecule has 0 aromatic carbocycles. The summed E-state index contributed by atoms with van der Waals surface area (Å²) in [4.78, 5) is 4.37. The summed E-state index contributed by atoms with van der Waals surface area (Å²) >= 11 is 0. The van der Waals surface area contributed by atoms with Crippen LogP contribution in [0.3, 0.4) is 0 Å². The molecule has 2 heteroatoms. The molecule has 1 aromatic rings. The smallest absolute Gasteiger partial charge is 0.137 e. The minimum atomic E-state index is 0.728. The van der Waals surface area contributed by atoms with E-state index in [0.717, 1.165) is 18.1 Å². The fourth-order valence-corrected chi connectivity index (χ4v) is 1.66. The zero-order valence-electron chi connectivity index (χ0n) is 9.99. The summed E-state index contributed by atoms with van der Waals surface area (Å²) in [6.45, 7) is 4.53. The number of rotatable bonds is 6.